The quantitative estimate of drug-likeness (QED) is 0.718. The minimum Gasteiger partial charge on any atom is -0.378 e. The molecule has 1 aliphatic rings. The Morgan fingerprint density at radius 3 is 2.65 bits per heavy atom. The number of hydrogen-bond donors (Lipinski definition) is 1. The topological polar surface area (TPSA) is 12.0 Å². The van der Waals surface area contributed by atoms with Gasteiger partial charge < -0.3 is 5.32 Å². The van der Waals surface area contributed by atoms with Crippen LogP contribution in [0.4, 0.5) is 5.69 Å². The summed E-state index contributed by atoms with van der Waals surface area (Å²) in [5.74, 6) is 0. The zero-order chi connectivity index (χ0) is 14.1. The fraction of sp³-hybridized carbons (Fsp3) is 0.375. The van der Waals surface area contributed by atoms with Crippen LogP contribution in [0.25, 0.3) is 0 Å². The number of nitrogens with one attached hydrogen (secondary N) is 1. The van der Waals surface area contributed by atoms with Crippen LogP contribution in [0.3, 0.4) is 0 Å². The van der Waals surface area contributed by atoms with Crippen molar-refractivity contribution in [3.63, 3.8) is 0 Å². The number of rotatable bonds is 3. The van der Waals surface area contributed by atoms with Gasteiger partial charge in [0.1, 0.15) is 0 Å². The molecule has 0 radical (unpaired) electrons. The SMILES string of the molecule is CC(Nc1ccc(Cl)c(Cl)c1)c1cc2c(s1)CCCC2. The molecule has 0 amide bonds. The maximum atomic E-state index is 6.06. The predicted octanol–water partition coefficient (Wildman–Crippen LogP) is 6.11. The van der Waals surface area contributed by atoms with Crippen LogP contribution in [0.1, 0.15) is 41.1 Å². The van der Waals surface area contributed by atoms with E-state index in [1.165, 1.54) is 30.6 Å². The standard InChI is InChI=1S/C16H17Cl2NS/c1-10(19-12-6-7-13(17)14(18)9-12)16-8-11-4-2-3-5-15(11)20-16/h6-10,19H,2-5H2,1H3. The molecule has 1 nitrogen and oxygen atoms in total. The first-order valence-corrected chi connectivity index (χ1v) is 8.54. The highest BCUT2D eigenvalue weighted by Crippen LogP contribution is 2.34. The van der Waals surface area contributed by atoms with Gasteiger partial charge in [0.05, 0.1) is 16.1 Å². The highest BCUT2D eigenvalue weighted by atomic mass is 35.5. The monoisotopic (exact) mass is 325 g/mol. The maximum absolute atomic E-state index is 6.06. The van der Waals surface area contributed by atoms with Crippen molar-refractivity contribution in [2.75, 3.05) is 5.32 Å². The molecule has 1 N–H and O–H groups in total. The van der Waals surface area contributed by atoms with Gasteiger partial charge in [-0.2, -0.15) is 0 Å². The highest BCUT2D eigenvalue weighted by Gasteiger charge is 2.16. The van der Waals surface area contributed by atoms with E-state index in [-0.39, 0.29) is 0 Å². The summed E-state index contributed by atoms with van der Waals surface area (Å²) < 4.78 is 0. The Morgan fingerprint density at radius 1 is 1.10 bits per heavy atom. The van der Waals surface area contributed by atoms with Crippen molar-refractivity contribution in [2.24, 2.45) is 0 Å². The van der Waals surface area contributed by atoms with E-state index >= 15 is 0 Å². The number of fused-ring (bicyclic) bond motifs is 1. The third kappa shape index (κ3) is 2.98. The molecule has 1 aromatic carbocycles. The van der Waals surface area contributed by atoms with E-state index in [4.69, 9.17) is 23.2 Å². The molecule has 1 unspecified atom stereocenters. The van der Waals surface area contributed by atoms with E-state index in [1.807, 2.05) is 29.5 Å². The van der Waals surface area contributed by atoms with Gasteiger partial charge in [-0.05, 0) is 62.4 Å². The third-order valence-corrected chi connectivity index (χ3v) is 5.90. The van der Waals surface area contributed by atoms with Crippen LogP contribution < -0.4 is 5.32 Å². The number of aryl methyl sites for hydroxylation is 2. The first-order chi connectivity index (χ1) is 9.63. The lowest BCUT2D eigenvalue weighted by Crippen LogP contribution is -2.04. The van der Waals surface area contributed by atoms with E-state index in [1.54, 1.807) is 10.4 Å². The predicted molar refractivity (Wildman–Crippen MR) is 89.5 cm³/mol. The maximum Gasteiger partial charge on any atom is 0.0612 e. The fourth-order valence-corrected chi connectivity index (χ4v) is 4.19. The minimum absolute atomic E-state index is 0.294. The molecular weight excluding hydrogens is 309 g/mol. The number of benzene rings is 1. The van der Waals surface area contributed by atoms with Gasteiger partial charge in [-0.15, -0.1) is 11.3 Å². The first-order valence-electron chi connectivity index (χ1n) is 6.96. The van der Waals surface area contributed by atoms with Gasteiger partial charge in [0.25, 0.3) is 0 Å². The van der Waals surface area contributed by atoms with Gasteiger partial charge in [-0.3, -0.25) is 0 Å². The molecule has 0 saturated carbocycles. The molecule has 0 fully saturated rings. The summed E-state index contributed by atoms with van der Waals surface area (Å²) in [6.07, 6.45) is 5.16. The Hall–Kier alpha value is -0.700. The van der Waals surface area contributed by atoms with Crippen molar-refractivity contribution >= 4 is 40.2 Å². The number of halogens is 2. The number of thiophene rings is 1. The molecule has 3 rings (SSSR count). The summed E-state index contributed by atoms with van der Waals surface area (Å²) in [5.41, 5.74) is 2.57. The summed E-state index contributed by atoms with van der Waals surface area (Å²) in [4.78, 5) is 2.98. The van der Waals surface area contributed by atoms with Crippen molar-refractivity contribution in [1.29, 1.82) is 0 Å². The molecule has 1 aromatic heterocycles. The first kappa shape index (κ1) is 14.2. The number of anilines is 1. The Kier molecular flexibility index (Phi) is 4.25. The second-order valence-corrected chi connectivity index (χ2v) is 7.28. The smallest absolute Gasteiger partial charge is 0.0612 e. The van der Waals surface area contributed by atoms with Crippen molar-refractivity contribution in [3.8, 4) is 0 Å². The average molecular weight is 326 g/mol. The average Bonchev–Trinajstić information content (AvgIpc) is 2.87. The zero-order valence-electron chi connectivity index (χ0n) is 11.4. The van der Waals surface area contributed by atoms with E-state index in [0.29, 0.717) is 16.1 Å². The minimum atomic E-state index is 0.294. The fourth-order valence-electron chi connectivity index (χ4n) is 2.63. The molecule has 0 saturated heterocycles. The van der Waals surface area contributed by atoms with Crippen LogP contribution in [0, 0.1) is 0 Å². The molecule has 2 aromatic rings. The highest BCUT2D eigenvalue weighted by molar-refractivity contribution is 7.12. The summed E-state index contributed by atoms with van der Waals surface area (Å²) in [7, 11) is 0. The van der Waals surface area contributed by atoms with Crippen LogP contribution in [0.5, 0.6) is 0 Å². The lowest BCUT2D eigenvalue weighted by atomic mass is 9.99. The molecular formula is C16H17Cl2NS. The van der Waals surface area contributed by atoms with Crippen LogP contribution in [0.2, 0.25) is 10.0 Å². The van der Waals surface area contributed by atoms with Gasteiger partial charge in [0.15, 0.2) is 0 Å². The van der Waals surface area contributed by atoms with E-state index in [0.717, 1.165) is 5.69 Å². The van der Waals surface area contributed by atoms with Gasteiger partial charge in [-0.25, -0.2) is 0 Å². The second-order valence-electron chi connectivity index (χ2n) is 5.30. The van der Waals surface area contributed by atoms with Crippen molar-refractivity contribution in [2.45, 2.75) is 38.6 Å². The molecule has 4 heteroatoms. The Morgan fingerprint density at radius 2 is 1.90 bits per heavy atom. The van der Waals surface area contributed by atoms with Crippen molar-refractivity contribution in [1.82, 2.24) is 0 Å². The third-order valence-electron chi connectivity index (χ3n) is 3.75. The van der Waals surface area contributed by atoms with Gasteiger partial charge in [0.2, 0.25) is 0 Å². The normalized spacial score (nSPS) is 15.8. The molecule has 0 spiro atoms. The Bertz CT molecular complexity index is 597. The summed E-state index contributed by atoms with van der Waals surface area (Å²) in [6.45, 7) is 2.19. The summed E-state index contributed by atoms with van der Waals surface area (Å²) in [5, 5.41) is 4.69. The van der Waals surface area contributed by atoms with E-state index in [2.05, 4.69) is 18.3 Å². The van der Waals surface area contributed by atoms with Gasteiger partial charge >= 0.3 is 0 Å². The largest absolute Gasteiger partial charge is 0.378 e. The lowest BCUT2D eigenvalue weighted by Gasteiger charge is -2.14. The molecule has 20 heavy (non-hydrogen) atoms. The summed E-state index contributed by atoms with van der Waals surface area (Å²) >= 11 is 14.0. The zero-order valence-corrected chi connectivity index (χ0v) is 13.7. The second kappa shape index (κ2) is 5.97. The van der Waals surface area contributed by atoms with Crippen LogP contribution in [-0.2, 0) is 12.8 Å². The van der Waals surface area contributed by atoms with Gasteiger partial charge in [0, 0.05) is 15.4 Å². The van der Waals surface area contributed by atoms with Gasteiger partial charge in [-0.1, -0.05) is 23.2 Å². The molecule has 1 atom stereocenters. The molecule has 0 bridgehead atoms. The molecule has 0 aliphatic heterocycles. The van der Waals surface area contributed by atoms with Crippen LogP contribution in [-0.4, -0.2) is 0 Å². The number of hydrogen-bond acceptors (Lipinski definition) is 2. The lowest BCUT2D eigenvalue weighted by molar-refractivity contribution is 0.696. The Balaban J connectivity index is 1.76. The van der Waals surface area contributed by atoms with Crippen molar-refractivity contribution < 1.29 is 0 Å². The van der Waals surface area contributed by atoms with Crippen LogP contribution >= 0.6 is 34.5 Å². The van der Waals surface area contributed by atoms with Crippen LogP contribution in [0.15, 0.2) is 24.3 Å². The Labute approximate surface area is 133 Å². The summed E-state index contributed by atoms with van der Waals surface area (Å²) in [6, 6.07) is 8.35. The molecule has 1 heterocycles. The van der Waals surface area contributed by atoms with E-state index < -0.39 is 0 Å². The van der Waals surface area contributed by atoms with E-state index in [9.17, 15) is 0 Å². The molecule has 1 aliphatic carbocycles. The van der Waals surface area contributed by atoms with Crippen molar-refractivity contribution in [3.05, 3.63) is 49.6 Å². The molecule has 106 valence electrons.